The van der Waals surface area contributed by atoms with Gasteiger partial charge in [0.05, 0.1) is 10.7 Å². The average Bonchev–Trinajstić information content (AvgIpc) is 4.02. The fraction of sp³-hybridized carbons (Fsp3) is 0.472. The Bertz CT molecular complexity index is 3860. The van der Waals surface area contributed by atoms with E-state index in [1.54, 1.807) is 11.1 Å². The van der Waals surface area contributed by atoms with E-state index in [1.165, 1.54) is 176 Å². The fourth-order valence-corrected chi connectivity index (χ4v) is 18.1. The summed E-state index contributed by atoms with van der Waals surface area (Å²) in [6, 6.07) is 33.1. The molecule has 1 aliphatic heterocycles. The highest BCUT2D eigenvalue weighted by Gasteiger charge is 2.43. The molecule has 2 nitrogen and oxygen atoms in total. The van der Waals surface area contributed by atoms with Crippen molar-refractivity contribution in [3.05, 3.63) is 134 Å². The number of fused-ring (bicyclic) bond motifs is 11. The van der Waals surface area contributed by atoms with Crippen LogP contribution in [0.5, 0.6) is 0 Å². The van der Waals surface area contributed by atoms with Gasteiger partial charge >= 0.3 is 0 Å². The van der Waals surface area contributed by atoms with Crippen LogP contribution in [0.3, 0.4) is 0 Å². The van der Waals surface area contributed by atoms with Crippen LogP contribution in [0.25, 0.3) is 41.4 Å². The molecule has 8 aromatic rings. The first-order chi connectivity index (χ1) is 35.9. The van der Waals surface area contributed by atoms with Crippen molar-refractivity contribution < 1.29 is 0 Å². The van der Waals surface area contributed by atoms with Gasteiger partial charge in [-0.2, -0.15) is 0 Å². The van der Waals surface area contributed by atoms with Crippen LogP contribution in [-0.4, -0.2) is 7.28 Å². The number of nitrogens with zero attached hydrogens (tertiary/aromatic N) is 1. The zero-order chi connectivity index (χ0) is 54.7. The number of benzene rings is 6. The van der Waals surface area contributed by atoms with Crippen LogP contribution >= 0.6 is 22.7 Å². The van der Waals surface area contributed by atoms with Crippen molar-refractivity contribution in [1.82, 2.24) is 0 Å². The SMILES string of the molecule is Cc1cc(-c2c(Nc3ccc4c(c3)C(C)(C)CCC4(C)C)ccc3c2sc2cc4c(cc23)C(C)(C)CCC4(C)C)c2c(c1)N(c1cc3c(cc1C)C(C)(C)CCC3(C)C)c1sc3cc4c(cc3c1B2)C(C)(C)CCC4(C)C. The topological polar surface area (TPSA) is 15.3 Å². The molecular formula is C72H85BN2S2. The predicted octanol–water partition coefficient (Wildman–Crippen LogP) is 19.9. The molecule has 0 saturated heterocycles. The Morgan fingerprint density at radius 2 is 0.883 bits per heavy atom. The molecule has 13 rings (SSSR count). The second kappa shape index (κ2) is 16.4. The molecule has 6 aromatic carbocycles. The normalized spacial score (nSPS) is 21.4. The highest BCUT2D eigenvalue weighted by Crippen LogP contribution is 2.56. The van der Waals surface area contributed by atoms with Gasteiger partial charge in [-0.25, -0.2) is 0 Å². The average molecular weight is 1050 g/mol. The van der Waals surface area contributed by atoms with Crippen molar-refractivity contribution in [2.75, 3.05) is 10.2 Å². The Morgan fingerprint density at radius 3 is 1.44 bits per heavy atom. The van der Waals surface area contributed by atoms with Gasteiger partial charge < -0.3 is 10.2 Å². The molecule has 4 aliphatic carbocycles. The van der Waals surface area contributed by atoms with Crippen LogP contribution in [0.15, 0.2) is 78.9 Å². The second-order valence-electron chi connectivity index (χ2n) is 30.6. The Labute approximate surface area is 471 Å². The lowest BCUT2D eigenvalue weighted by Gasteiger charge is -2.43. The number of nitrogens with one attached hydrogen (secondary N) is 1. The molecule has 3 heterocycles. The zero-order valence-electron chi connectivity index (χ0n) is 50.1. The lowest BCUT2D eigenvalue weighted by molar-refractivity contribution is 0.332. The molecular weight excluding hydrogens is 968 g/mol. The van der Waals surface area contributed by atoms with Crippen molar-refractivity contribution in [3.63, 3.8) is 0 Å². The third-order valence-corrected chi connectivity index (χ3v) is 23.7. The molecule has 0 amide bonds. The third-order valence-electron chi connectivity index (χ3n) is 21.3. The molecule has 398 valence electrons. The first kappa shape index (κ1) is 51.6. The Kier molecular flexibility index (Phi) is 11.0. The summed E-state index contributed by atoms with van der Waals surface area (Å²) in [6.45, 7) is 44.4. The lowest BCUT2D eigenvalue weighted by atomic mass is 9.57. The minimum atomic E-state index is 0.0750. The Hall–Kier alpha value is -4.84. The molecule has 77 heavy (non-hydrogen) atoms. The standard InChI is InChI=1S/C72H85BN2S2/c1-40-31-46(60-55(74-42-19-21-47-49(34-42)67(7,8)24-23-65(47,3)4)22-20-43-44-35-50-53(38-58(44)76-63(43)60)71(15,16)29-26-68(50,9)10)61-57(32-40)75(56-37-52-48(33-41(56)2)66(5,6)25-28-70(52,13)14)64-62(73-61)45-36-51-54(39-59(45)77-64)72(17,18)30-27-69(51,11)12/h19-22,31-39,73-74H,23-30H2,1-18H3. The molecule has 0 fully saturated rings. The van der Waals surface area contributed by atoms with Crippen LogP contribution < -0.4 is 21.1 Å². The van der Waals surface area contributed by atoms with Crippen LogP contribution in [0.1, 0.15) is 218 Å². The molecule has 5 heteroatoms. The van der Waals surface area contributed by atoms with Crippen LogP contribution in [0.2, 0.25) is 0 Å². The van der Waals surface area contributed by atoms with E-state index in [1.807, 2.05) is 22.7 Å². The summed E-state index contributed by atoms with van der Waals surface area (Å²) < 4.78 is 4.21. The number of hydrogen-bond acceptors (Lipinski definition) is 4. The van der Waals surface area contributed by atoms with Crippen LogP contribution in [0, 0.1) is 13.8 Å². The number of anilines is 5. The van der Waals surface area contributed by atoms with Gasteiger partial charge in [0.2, 0.25) is 7.28 Å². The summed E-state index contributed by atoms with van der Waals surface area (Å²) in [7, 11) is 0.876. The van der Waals surface area contributed by atoms with Crippen molar-refractivity contribution in [2.45, 2.75) is 219 Å². The summed E-state index contributed by atoms with van der Waals surface area (Å²) in [5.74, 6) is 0. The van der Waals surface area contributed by atoms with E-state index in [0.29, 0.717) is 0 Å². The number of thiophene rings is 2. The molecule has 0 bridgehead atoms. The van der Waals surface area contributed by atoms with Crippen LogP contribution in [0.4, 0.5) is 27.8 Å². The maximum atomic E-state index is 4.22. The van der Waals surface area contributed by atoms with E-state index in [2.05, 4.69) is 214 Å². The van der Waals surface area contributed by atoms with Crippen molar-refractivity contribution in [2.24, 2.45) is 0 Å². The number of hydrogen-bond donors (Lipinski definition) is 1. The van der Waals surface area contributed by atoms with E-state index in [0.717, 1.165) is 7.28 Å². The van der Waals surface area contributed by atoms with Gasteiger partial charge in [-0.05, 0) is 241 Å². The van der Waals surface area contributed by atoms with E-state index in [4.69, 9.17) is 0 Å². The van der Waals surface area contributed by atoms with Gasteiger partial charge in [-0.1, -0.05) is 135 Å². The fourth-order valence-electron chi connectivity index (χ4n) is 15.5. The lowest BCUT2D eigenvalue weighted by Crippen LogP contribution is -2.41. The smallest absolute Gasteiger partial charge is 0.200 e. The third kappa shape index (κ3) is 7.78. The monoisotopic (exact) mass is 1050 g/mol. The Balaban J connectivity index is 1.11. The molecule has 1 N–H and O–H groups in total. The van der Waals surface area contributed by atoms with Gasteiger partial charge in [0.1, 0.15) is 0 Å². The van der Waals surface area contributed by atoms with Crippen LogP contribution in [-0.2, 0) is 43.3 Å². The summed E-state index contributed by atoms with van der Waals surface area (Å²) in [5, 5.41) is 9.84. The molecule has 0 radical (unpaired) electrons. The molecule has 0 saturated carbocycles. The molecule has 2 aromatic heterocycles. The van der Waals surface area contributed by atoms with E-state index in [-0.39, 0.29) is 43.3 Å². The summed E-state index contributed by atoms with van der Waals surface area (Å²) >= 11 is 4.07. The molecule has 0 unspecified atom stereocenters. The molecule has 5 aliphatic rings. The minimum Gasteiger partial charge on any atom is -0.355 e. The van der Waals surface area contributed by atoms with Gasteiger partial charge in [-0.15, -0.1) is 22.7 Å². The van der Waals surface area contributed by atoms with Gasteiger partial charge in [0, 0.05) is 47.5 Å². The first-order valence-corrected chi connectivity index (χ1v) is 31.2. The molecule has 0 spiro atoms. The summed E-state index contributed by atoms with van der Waals surface area (Å²) in [5.41, 5.74) is 26.4. The maximum absolute atomic E-state index is 4.22. The highest BCUT2D eigenvalue weighted by molar-refractivity contribution is 7.26. The summed E-state index contributed by atoms with van der Waals surface area (Å²) in [6.07, 6.45) is 9.62. The quantitative estimate of drug-likeness (QED) is 0.177. The maximum Gasteiger partial charge on any atom is 0.200 e. The number of rotatable bonds is 4. The molecule has 0 atom stereocenters. The van der Waals surface area contributed by atoms with E-state index < -0.39 is 0 Å². The highest BCUT2D eigenvalue weighted by atomic mass is 32.1. The summed E-state index contributed by atoms with van der Waals surface area (Å²) in [4.78, 5) is 2.77. The van der Waals surface area contributed by atoms with Gasteiger partial charge in [0.15, 0.2) is 0 Å². The minimum absolute atomic E-state index is 0.0750. The van der Waals surface area contributed by atoms with Gasteiger partial charge in [-0.3, -0.25) is 0 Å². The first-order valence-electron chi connectivity index (χ1n) is 29.5. The van der Waals surface area contributed by atoms with Crippen molar-refractivity contribution >= 4 is 98.9 Å². The number of aryl methyl sites for hydroxylation is 2. The largest absolute Gasteiger partial charge is 0.355 e. The van der Waals surface area contributed by atoms with Crippen molar-refractivity contribution in [3.8, 4) is 11.1 Å². The van der Waals surface area contributed by atoms with E-state index >= 15 is 0 Å². The van der Waals surface area contributed by atoms with E-state index in [9.17, 15) is 0 Å². The van der Waals surface area contributed by atoms with Gasteiger partial charge in [0.25, 0.3) is 0 Å². The Morgan fingerprint density at radius 1 is 0.416 bits per heavy atom. The zero-order valence-corrected chi connectivity index (χ0v) is 51.8. The predicted molar refractivity (Wildman–Crippen MR) is 342 cm³/mol. The second-order valence-corrected chi connectivity index (χ2v) is 32.7. The van der Waals surface area contributed by atoms with Crippen molar-refractivity contribution in [1.29, 1.82) is 0 Å².